The van der Waals surface area contributed by atoms with E-state index >= 15 is 0 Å². The Morgan fingerprint density at radius 2 is 1.68 bits per heavy atom. The molecule has 1 saturated heterocycles. The second-order valence-electron chi connectivity index (χ2n) is 10.0. The number of amides is 3. The van der Waals surface area contributed by atoms with Crippen LogP contribution in [0.1, 0.15) is 42.5 Å². The second-order valence-corrected chi connectivity index (χ2v) is 10.0. The molecule has 3 aromatic carbocycles. The van der Waals surface area contributed by atoms with Crippen LogP contribution >= 0.6 is 0 Å². The highest BCUT2D eigenvalue weighted by atomic mass is 16.5. The van der Waals surface area contributed by atoms with Gasteiger partial charge in [-0.1, -0.05) is 25.0 Å². The topological polar surface area (TPSA) is 102 Å². The minimum Gasteiger partial charge on any atom is -0.493 e. The van der Waals surface area contributed by atoms with E-state index in [9.17, 15) is 14.4 Å². The lowest BCUT2D eigenvalue weighted by Gasteiger charge is -2.33. The van der Waals surface area contributed by atoms with Gasteiger partial charge in [-0.05, 0) is 67.4 Å². The molecule has 1 aliphatic heterocycles. The number of carbonyl (C=O) groups excluding carboxylic acids is 3. The van der Waals surface area contributed by atoms with Gasteiger partial charge in [-0.25, -0.2) is 9.88 Å². The van der Waals surface area contributed by atoms with Crippen LogP contribution < -0.4 is 14.4 Å². The molecule has 2 aliphatic rings. The Hall–Kier alpha value is -4.66. The number of anilines is 1. The van der Waals surface area contributed by atoms with Crippen molar-refractivity contribution in [1.82, 2.24) is 9.88 Å². The molecule has 0 N–H and O–H groups in total. The smallest absolute Gasteiger partial charge is 0.257 e. The Bertz CT molecular complexity index is 1560. The number of oxazole rings is 1. The van der Waals surface area contributed by atoms with Crippen LogP contribution in [0.3, 0.4) is 0 Å². The minimum absolute atomic E-state index is 0.0682. The first-order chi connectivity index (χ1) is 19.5. The van der Waals surface area contributed by atoms with Crippen LogP contribution in [-0.4, -0.2) is 53.9 Å². The first-order valence-electron chi connectivity index (χ1n) is 13.4. The molecule has 2 fully saturated rings. The summed E-state index contributed by atoms with van der Waals surface area (Å²) >= 11 is 0. The van der Waals surface area contributed by atoms with Gasteiger partial charge in [0.05, 0.1) is 26.3 Å². The van der Waals surface area contributed by atoms with E-state index in [1.807, 2.05) is 24.3 Å². The maximum absolute atomic E-state index is 13.9. The number of nitrogens with zero attached hydrogens (tertiary/aromatic N) is 3. The molecule has 9 heteroatoms. The summed E-state index contributed by atoms with van der Waals surface area (Å²) in [7, 11) is 3.04. The van der Waals surface area contributed by atoms with Gasteiger partial charge >= 0.3 is 0 Å². The van der Waals surface area contributed by atoms with Crippen LogP contribution in [0.25, 0.3) is 22.6 Å². The molecule has 1 aliphatic carbocycles. The maximum Gasteiger partial charge on any atom is 0.257 e. The summed E-state index contributed by atoms with van der Waals surface area (Å²) in [6.07, 6.45) is 3.44. The normalized spacial score (nSPS) is 17.6. The lowest BCUT2D eigenvalue weighted by molar-refractivity contribution is -0.123. The molecule has 1 saturated carbocycles. The number of hydrogen-bond acceptors (Lipinski definition) is 7. The molecule has 3 amide bonds. The van der Waals surface area contributed by atoms with Crippen LogP contribution in [0.15, 0.2) is 71.1 Å². The monoisotopic (exact) mass is 539 g/mol. The largest absolute Gasteiger partial charge is 0.493 e. The predicted molar refractivity (Wildman–Crippen MR) is 148 cm³/mol. The van der Waals surface area contributed by atoms with Crippen molar-refractivity contribution in [3.8, 4) is 23.0 Å². The fourth-order valence-corrected chi connectivity index (χ4v) is 5.72. The van der Waals surface area contributed by atoms with E-state index in [2.05, 4.69) is 4.98 Å². The Morgan fingerprint density at radius 1 is 0.950 bits per heavy atom. The molecular weight excluding hydrogens is 510 g/mol. The van der Waals surface area contributed by atoms with Crippen LogP contribution in [0.4, 0.5) is 5.69 Å². The Kier molecular flexibility index (Phi) is 6.71. The third-order valence-electron chi connectivity index (χ3n) is 7.71. The number of hydrogen-bond donors (Lipinski definition) is 0. The zero-order chi connectivity index (χ0) is 27.8. The van der Waals surface area contributed by atoms with Crippen LogP contribution in [0.5, 0.6) is 11.5 Å². The summed E-state index contributed by atoms with van der Waals surface area (Å²) in [4.78, 5) is 48.2. The first-order valence-corrected chi connectivity index (χ1v) is 13.4. The van der Waals surface area contributed by atoms with Gasteiger partial charge in [0.2, 0.25) is 11.8 Å². The van der Waals surface area contributed by atoms with Crippen LogP contribution in [-0.2, 0) is 9.59 Å². The van der Waals surface area contributed by atoms with Gasteiger partial charge in [-0.15, -0.1) is 0 Å². The fourth-order valence-electron chi connectivity index (χ4n) is 5.72. The third-order valence-corrected chi connectivity index (χ3v) is 7.71. The Balaban J connectivity index is 1.28. The van der Waals surface area contributed by atoms with Crippen molar-refractivity contribution >= 4 is 34.5 Å². The van der Waals surface area contributed by atoms with Gasteiger partial charge < -0.3 is 18.8 Å². The molecule has 1 aromatic heterocycles. The Labute approximate surface area is 231 Å². The van der Waals surface area contributed by atoms with E-state index in [1.165, 1.54) is 19.1 Å². The van der Waals surface area contributed by atoms with Gasteiger partial charge in [-0.3, -0.25) is 14.4 Å². The number of imide groups is 1. The lowest BCUT2D eigenvalue weighted by Crippen LogP contribution is -2.50. The molecular formula is C31H29N3O6. The highest BCUT2D eigenvalue weighted by Gasteiger charge is 2.47. The van der Waals surface area contributed by atoms with E-state index < -0.39 is 11.9 Å². The van der Waals surface area contributed by atoms with Gasteiger partial charge in [0, 0.05) is 17.2 Å². The molecule has 0 bridgehead atoms. The van der Waals surface area contributed by atoms with Crippen molar-refractivity contribution in [2.24, 2.45) is 0 Å². The van der Waals surface area contributed by atoms with Crippen molar-refractivity contribution in [3.63, 3.8) is 0 Å². The summed E-state index contributed by atoms with van der Waals surface area (Å²) in [6.45, 7) is 0. The highest BCUT2D eigenvalue weighted by molar-refractivity contribution is 6.23. The Morgan fingerprint density at radius 3 is 2.38 bits per heavy atom. The SMILES string of the molecule is COc1ccc(C(=O)N(C2CCCC2)C2CC(=O)N(c3ccc(-c4nc5ccccc5o4)cc3)C2=O)cc1OC. The summed E-state index contributed by atoms with van der Waals surface area (Å²) in [5, 5.41) is 0. The van der Waals surface area contributed by atoms with Crippen LogP contribution in [0, 0.1) is 0 Å². The van der Waals surface area contributed by atoms with Crippen molar-refractivity contribution in [1.29, 1.82) is 0 Å². The molecule has 204 valence electrons. The summed E-state index contributed by atoms with van der Waals surface area (Å²) in [5.41, 5.74) is 2.99. The summed E-state index contributed by atoms with van der Waals surface area (Å²) in [5.74, 6) is 0.345. The summed E-state index contributed by atoms with van der Waals surface area (Å²) < 4.78 is 16.6. The maximum atomic E-state index is 13.9. The average molecular weight is 540 g/mol. The van der Waals surface area contributed by atoms with E-state index in [0.717, 1.165) is 36.8 Å². The number of fused-ring (bicyclic) bond motifs is 1. The molecule has 2 heterocycles. The van der Waals surface area contributed by atoms with Crippen molar-refractivity contribution in [3.05, 3.63) is 72.3 Å². The fraction of sp³-hybridized carbons (Fsp3) is 0.290. The number of rotatable bonds is 7. The van der Waals surface area contributed by atoms with Crippen molar-refractivity contribution in [2.75, 3.05) is 19.1 Å². The molecule has 40 heavy (non-hydrogen) atoms. The highest BCUT2D eigenvalue weighted by Crippen LogP contribution is 2.35. The number of aromatic nitrogens is 1. The second kappa shape index (κ2) is 10.5. The average Bonchev–Trinajstić information content (AvgIpc) is 3.73. The third kappa shape index (κ3) is 4.47. The molecule has 0 radical (unpaired) electrons. The van der Waals surface area contributed by atoms with Gasteiger partial charge in [0.1, 0.15) is 11.6 Å². The van der Waals surface area contributed by atoms with E-state index in [-0.39, 0.29) is 24.3 Å². The van der Waals surface area contributed by atoms with Crippen LogP contribution in [0.2, 0.25) is 0 Å². The number of benzene rings is 3. The van der Waals surface area contributed by atoms with E-state index in [1.54, 1.807) is 47.4 Å². The van der Waals surface area contributed by atoms with E-state index in [0.29, 0.717) is 34.2 Å². The lowest BCUT2D eigenvalue weighted by atomic mass is 10.1. The van der Waals surface area contributed by atoms with Crippen molar-refractivity contribution in [2.45, 2.75) is 44.2 Å². The number of para-hydroxylation sites is 2. The minimum atomic E-state index is -0.882. The molecule has 0 spiro atoms. The first kappa shape index (κ1) is 25.6. The van der Waals surface area contributed by atoms with Gasteiger partial charge in [0.25, 0.3) is 11.8 Å². The molecule has 1 atom stereocenters. The standard InChI is InChI=1S/C31H29N3O6/c1-38-26-16-13-20(17-27(26)39-2)30(36)33(21-7-3-4-8-21)24-18-28(35)34(31(24)37)22-14-11-19(12-15-22)29-32-23-9-5-6-10-25(23)40-29/h5-6,9-17,21,24H,3-4,7-8,18H2,1-2H3. The predicted octanol–water partition coefficient (Wildman–Crippen LogP) is 5.23. The van der Waals surface area contributed by atoms with Crippen molar-refractivity contribution < 1.29 is 28.3 Å². The molecule has 6 rings (SSSR count). The molecule has 1 unspecified atom stereocenters. The summed E-state index contributed by atoms with van der Waals surface area (Å²) in [6, 6.07) is 18.4. The quantitative estimate of drug-likeness (QED) is 0.296. The zero-order valence-corrected chi connectivity index (χ0v) is 22.3. The molecule has 4 aromatic rings. The van der Waals surface area contributed by atoms with Gasteiger partial charge in [0.15, 0.2) is 17.1 Å². The number of carbonyl (C=O) groups is 3. The number of ether oxygens (including phenoxy) is 2. The number of methoxy groups -OCH3 is 2. The zero-order valence-electron chi connectivity index (χ0n) is 22.3. The van der Waals surface area contributed by atoms with E-state index in [4.69, 9.17) is 13.9 Å². The molecule has 9 nitrogen and oxygen atoms in total. The van der Waals surface area contributed by atoms with Gasteiger partial charge in [-0.2, -0.15) is 0 Å².